The summed E-state index contributed by atoms with van der Waals surface area (Å²) in [5.74, 6) is -0.412. The van der Waals surface area contributed by atoms with Gasteiger partial charge in [0.15, 0.2) is 0 Å². The van der Waals surface area contributed by atoms with Gasteiger partial charge in [0.05, 0.1) is 28.7 Å². The molecular formula is C25H26N2O5S. The maximum atomic E-state index is 13.5. The first kappa shape index (κ1) is 23.1. The molecule has 33 heavy (non-hydrogen) atoms. The van der Waals surface area contributed by atoms with Crippen LogP contribution >= 0.6 is 0 Å². The first-order valence-corrected chi connectivity index (χ1v) is 12.2. The molecule has 0 aliphatic carbocycles. The lowest BCUT2D eigenvalue weighted by Crippen LogP contribution is -2.48. The van der Waals surface area contributed by atoms with Crippen molar-refractivity contribution in [2.24, 2.45) is 0 Å². The van der Waals surface area contributed by atoms with Crippen LogP contribution in [0, 0.1) is 0 Å². The second-order valence-electron chi connectivity index (χ2n) is 8.31. The molecule has 0 saturated carbocycles. The van der Waals surface area contributed by atoms with E-state index in [2.05, 4.69) is 4.98 Å². The van der Waals surface area contributed by atoms with Crippen LogP contribution in [0.1, 0.15) is 47.0 Å². The van der Waals surface area contributed by atoms with Gasteiger partial charge in [-0.2, -0.15) is 4.31 Å². The van der Waals surface area contributed by atoms with Gasteiger partial charge in [-0.1, -0.05) is 30.3 Å². The number of carbonyl (C=O) groups is 1. The number of aliphatic hydroxyl groups is 1. The van der Waals surface area contributed by atoms with Gasteiger partial charge in [0.1, 0.15) is 0 Å². The average molecular weight is 467 g/mol. The number of nitrogens with zero attached hydrogens (tertiary/aromatic N) is 2. The summed E-state index contributed by atoms with van der Waals surface area (Å²) in [5, 5.41) is 11.2. The maximum Gasteiger partial charge on any atom is 0.338 e. The molecule has 7 nitrogen and oxygen atoms in total. The molecule has 8 heteroatoms. The minimum absolute atomic E-state index is 0.111. The Hall–Kier alpha value is -3.07. The highest BCUT2D eigenvalue weighted by molar-refractivity contribution is 7.89. The van der Waals surface area contributed by atoms with E-state index >= 15 is 0 Å². The Kier molecular flexibility index (Phi) is 6.60. The molecule has 0 spiro atoms. The van der Waals surface area contributed by atoms with E-state index in [-0.39, 0.29) is 24.0 Å². The molecule has 0 bridgehead atoms. The number of hydrogen-bond donors (Lipinski definition) is 1. The van der Waals surface area contributed by atoms with Crippen molar-refractivity contribution in [2.75, 3.05) is 0 Å². The predicted molar refractivity (Wildman–Crippen MR) is 123 cm³/mol. The third-order valence-corrected chi connectivity index (χ3v) is 7.57. The minimum atomic E-state index is -3.84. The first-order chi connectivity index (χ1) is 15.8. The Morgan fingerprint density at radius 2 is 1.70 bits per heavy atom. The van der Waals surface area contributed by atoms with E-state index in [1.54, 1.807) is 80.8 Å². The summed E-state index contributed by atoms with van der Waals surface area (Å²) in [6.07, 6.45) is 2.28. The number of aromatic nitrogens is 1. The molecule has 1 aliphatic heterocycles. The SMILES string of the molecule is CC(C)OC(=O)c1ccc(CC2C(O)c3ccccc3S(=O)(=O)N2Cc2ccncc2)cc1. The number of aliphatic hydroxyl groups excluding tert-OH is 1. The lowest BCUT2D eigenvalue weighted by Gasteiger charge is -2.39. The lowest BCUT2D eigenvalue weighted by atomic mass is 9.95. The van der Waals surface area contributed by atoms with E-state index < -0.39 is 28.1 Å². The number of hydrogen-bond acceptors (Lipinski definition) is 6. The fourth-order valence-electron chi connectivity index (χ4n) is 4.01. The minimum Gasteiger partial charge on any atom is -0.459 e. The molecule has 0 amide bonds. The van der Waals surface area contributed by atoms with Gasteiger partial charge >= 0.3 is 5.97 Å². The largest absolute Gasteiger partial charge is 0.459 e. The second kappa shape index (κ2) is 9.43. The van der Waals surface area contributed by atoms with Crippen LogP contribution in [0.25, 0.3) is 0 Å². The summed E-state index contributed by atoms with van der Waals surface area (Å²) >= 11 is 0. The summed E-state index contributed by atoms with van der Waals surface area (Å²) in [6, 6.07) is 16.2. The molecule has 2 atom stereocenters. The molecule has 0 fully saturated rings. The van der Waals surface area contributed by atoms with Crippen molar-refractivity contribution in [1.82, 2.24) is 9.29 Å². The van der Waals surface area contributed by atoms with E-state index in [1.165, 1.54) is 10.4 Å². The van der Waals surface area contributed by atoms with Crippen molar-refractivity contribution in [1.29, 1.82) is 0 Å². The fraction of sp³-hybridized carbons (Fsp3) is 0.280. The zero-order chi connectivity index (χ0) is 23.6. The molecule has 2 unspecified atom stereocenters. The number of sulfonamides is 1. The highest BCUT2D eigenvalue weighted by Gasteiger charge is 2.43. The molecule has 0 saturated heterocycles. The lowest BCUT2D eigenvalue weighted by molar-refractivity contribution is 0.0378. The van der Waals surface area contributed by atoms with Crippen LogP contribution in [0.4, 0.5) is 0 Å². The van der Waals surface area contributed by atoms with Gasteiger partial charge in [0.2, 0.25) is 10.0 Å². The highest BCUT2D eigenvalue weighted by Crippen LogP contribution is 2.38. The first-order valence-electron chi connectivity index (χ1n) is 10.7. The molecule has 172 valence electrons. The molecule has 3 aromatic rings. The topological polar surface area (TPSA) is 96.8 Å². The van der Waals surface area contributed by atoms with Crippen LogP contribution in [0.2, 0.25) is 0 Å². The van der Waals surface area contributed by atoms with E-state index in [1.807, 2.05) is 0 Å². The Bertz CT molecular complexity index is 1230. The number of carbonyl (C=O) groups excluding carboxylic acids is 1. The van der Waals surface area contributed by atoms with Crippen molar-refractivity contribution in [3.05, 3.63) is 95.3 Å². The summed E-state index contributed by atoms with van der Waals surface area (Å²) in [6.45, 7) is 3.68. The van der Waals surface area contributed by atoms with E-state index in [0.29, 0.717) is 11.1 Å². The van der Waals surface area contributed by atoms with Crippen LogP contribution < -0.4 is 0 Å². The summed E-state index contributed by atoms with van der Waals surface area (Å²) in [4.78, 5) is 16.2. The zero-order valence-corrected chi connectivity index (χ0v) is 19.3. The van der Waals surface area contributed by atoms with Gasteiger partial charge in [0, 0.05) is 24.5 Å². The maximum absolute atomic E-state index is 13.5. The number of ether oxygens (including phenoxy) is 1. The predicted octanol–water partition coefficient (Wildman–Crippen LogP) is 3.50. The smallest absolute Gasteiger partial charge is 0.338 e. The number of esters is 1. The summed E-state index contributed by atoms with van der Waals surface area (Å²) in [5.41, 5.74) is 2.39. The van der Waals surface area contributed by atoms with Gasteiger partial charge in [0.25, 0.3) is 0 Å². The standard InChI is InChI=1S/C25H26N2O5S/c1-17(2)32-25(29)20-9-7-18(8-10-20)15-22-24(28)21-5-3-4-6-23(21)33(30,31)27(22)16-19-11-13-26-14-12-19/h3-14,17,22,24,28H,15-16H2,1-2H3. The van der Waals surface area contributed by atoms with Gasteiger partial charge < -0.3 is 9.84 Å². The van der Waals surface area contributed by atoms with E-state index in [9.17, 15) is 18.3 Å². The Balaban J connectivity index is 1.67. The number of pyridine rings is 1. The molecular weight excluding hydrogens is 440 g/mol. The Morgan fingerprint density at radius 3 is 2.36 bits per heavy atom. The molecule has 4 rings (SSSR count). The quantitative estimate of drug-likeness (QED) is 0.559. The van der Waals surface area contributed by atoms with Crippen LogP contribution in [-0.4, -0.2) is 40.9 Å². The summed E-state index contributed by atoms with van der Waals surface area (Å²) < 4.78 is 33.7. The van der Waals surface area contributed by atoms with Gasteiger partial charge in [-0.25, -0.2) is 13.2 Å². The highest BCUT2D eigenvalue weighted by atomic mass is 32.2. The molecule has 0 radical (unpaired) electrons. The van der Waals surface area contributed by atoms with Gasteiger partial charge in [-0.05, 0) is 61.7 Å². The van der Waals surface area contributed by atoms with Crippen molar-refractivity contribution in [3.8, 4) is 0 Å². The molecule has 2 aromatic carbocycles. The second-order valence-corrected chi connectivity index (χ2v) is 10.2. The molecule has 1 aromatic heterocycles. The van der Waals surface area contributed by atoms with E-state index in [4.69, 9.17) is 4.74 Å². The normalized spacial score (nSPS) is 19.8. The van der Waals surface area contributed by atoms with Gasteiger partial charge in [-0.3, -0.25) is 4.98 Å². The van der Waals surface area contributed by atoms with Crippen molar-refractivity contribution >= 4 is 16.0 Å². The van der Waals surface area contributed by atoms with E-state index in [0.717, 1.165) is 11.1 Å². The number of rotatable bonds is 6. The van der Waals surface area contributed by atoms with Crippen LogP contribution in [0.5, 0.6) is 0 Å². The number of fused-ring (bicyclic) bond motifs is 1. The number of benzene rings is 2. The van der Waals surface area contributed by atoms with Crippen molar-refractivity contribution in [2.45, 2.75) is 50.0 Å². The molecule has 1 aliphatic rings. The summed E-state index contributed by atoms with van der Waals surface area (Å²) in [7, 11) is -3.84. The zero-order valence-electron chi connectivity index (χ0n) is 18.5. The van der Waals surface area contributed by atoms with Crippen molar-refractivity contribution in [3.63, 3.8) is 0 Å². The monoisotopic (exact) mass is 466 g/mol. The van der Waals surface area contributed by atoms with Crippen molar-refractivity contribution < 1.29 is 23.1 Å². The fourth-order valence-corrected chi connectivity index (χ4v) is 5.87. The van der Waals surface area contributed by atoms with Crippen LogP contribution in [0.3, 0.4) is 0 Å². The van der Waals surface area contributed by atoms with Crippen LogP contribution in [0.15, 0.2) is 78.0 Å². The van der Waals surface area contributed by atoms with Gasteiger partial charge in [-0.15, -0.1) is 0 Å². The molecule has 1 N–H and O–H groups in total. The Morgan fingerprint density at radius 1 is 1.03 bits per heavy atom. The third-order valence-electron chi connectivity index (χ3n) is 5.62. The Labute approximate surface area is 193 Å². The van der Waals surface area contributed by atoms with Crippen LogP contribution in [-0.2, 0) is 27.7 Å². The molecule has 2 heterocycles. The average Bonchev–Trinajstić information content (AvgIpc) is 2.80. The third kappa shape index (κ3) is 4.83.